The molecule has 1 amide bonds. The first kappa shape index (κ1) is 12.9. The number of aromatic nitrogens is 1. The molecule has 0 aliphatic carbocycles. The van der Waals surface area contributed by atoms with Gasteiger partial charge in [0.25, 0.3) is 5.91 Å². The van der Waals surface area contributed by atoms with Gasteiger partial charge in [0.2, 0.25) is 0 Å². The molecular formula is C15H14N2O2S. The van der Waals surface area contributed by atoms with Gasteiger partial charge in [0.15, 0.2) is 10.9 Å². The molecule has 2 aromatic heterocycles. The fourth-order valence-electron chi connectivity index (χ4n) is 2.06. The van der Waals surface area contributed by atoms with Crippen LogP contribution in [0.15, 0.2) is 41.0 Å². The van der Waals surface area contributed by atoms with Gasteiger partial charge >= 0.3 is 0 Å². The van der Waals surface area contributed by atoms with Crippen LogP contribution in [0.4, 0.5) is 5.13 Å². The Labute approximate surface area is 120 Å². The maximum absolute atomic E-state index is 11.9. The standard InChI is InChI=1S/C15H14N2O2S/c1-9(2)10-5-3-7-12-13(10)16-15(20-12)17-14(18)11-6-4-8-19-11/h3-9H,1-2H3,(H,16,17,18). The van der Waals surface area contributed by atoms with Crippen LogP contribution in [0.25, 0.3) is 10.2 Å². The number of thiazole rings is 1. The fourth-order valence-corrected chi connectivity index (χ4v) is 2.95. The Morgan fingerprint density at radius 3 is 2.85 bits per heavy atom. The van der Waals surface area contributed by atoms with Crippen molar-refractivity contribution in [2.75, 3.05) is 5.32 Å². The molecule has 0 saturated heterocycles. The van der Waals surface area contributed by atoms with Gasteiger partial charge in [0.1, 0.15) is 0 Å². The second-order valence-corrected chi connectivity index (χ2v) is 5.83. The van der Waals surface area contributed by atoms with Gasteiger partial charge in [-0.05, 0) is 29.7 Å². The van der Waals surface area contributed by atoms with Gasteiger partial charge in [-0.25, -0.2) is 4.98 Å². The SMILES string of the molecule is CC(C)c1cccc2sc(NC(=O)c3ccco3)nc12. The smallest absolute Gasteiger partial charge is 0.293 e. The summed E-state index contributed by atoms with van der Waals surface area (Å²) in [5.74, 6) is 0.405. The Hall–Kier alpha value is -2.14. The van der Waals surface area contributed by atoms with Crippen molar-refractivity contribution in [2.45, 2.75) is 19.8 Å². The summed E-state index contributed by atoms with van der Waals surface area (Å²) in [6, 6.07) is 9.42. The highest BCUT2D eigenvalue weighted by Gasteiger charge is 2.14. The number of hydrogen-bond acceptors (Lipinski definition) is 4. The van der Waals surface area contributed by atoms with Gasteiger partial charge in [-0.1, -0.05) is 37.3 Å². The topological polar surface area (TPSA) is 55.1 Å². The lowest BCUT2D eigenvalue weighted by molar-refractivity contribution is 0.0996. The van der Waals surface area contributed by atoms with Gasteiger partial charge in [-0.3, -0.25) is 10.1 Å². The van der Waals surface area contributed by atoms with Crippen LogP contribution >= 0.6 is 11.3 Å². The van der Waals surface area contributed by atoms with Gasteiger partial charge in [0, 0.05) is 0 Å². The Morgan fingerprint density at radius 2 is 2.15 bits per heavy atom. The van der Waals surface area contributed by atoms with E-state index < -0.39 is 0 Å². The van der Waals surface area contributed by atoms with Gasteiger partial charge < -0.3 is 4.42 Å². The molecule has 0 atom stereocenters. The molecule has 0 unspecified atom stereocenters. The third-order valence-corrected chi connectivity index (χ3v) is 3.97. The van der Waals surface area contributed by atoms with E-state index in [0.29, 0.717) is 11.0 Å². The van der Waals surface area contributed by atoms with E-state index in [2.05, 4.69) is 30.2 Å². The van der Waals surface area contributed by atoms with Crippen molar-refractivity contribution < 1.29 is 9.21 Å². The van der Waals surface area contributed by atoms with Crippen LogP contribution in [0, 0.1) is 0 Å². The van der Waals surface area contributed by atoms with Crippen LogP contribution < -0.4 is 5.32 Å². The first-order chi connectivity index (χ1) is 9.65. The molecule has 0 aliphatic heterocycles. The van der Waals surface area contributed by atoms with E-state index >= 15 is 0 Å². The fraction of sp³-hybridized carbons (Fsp3) is 0.200. The maximum Gasteiger partial charge on any atom is 0.293 e. The van der Waals surface area contributed by atoms with Crippen molar-refractivity contribution in [1.82, 2.24) is 4.98 Å². The molecule has 1 aromatic carbocycles. The second-order valence-electron chi connectivity index (χ2n) is 4.80. The summed E-state index contributed by atoms with van der Waals surface area (Å²) >= 11 is 1.47. The Kier molecular flexibility index (Phi) is 3.28. The average Bonchev–Trinajstić information content (AvgIpc) is 3.06. The number of rotatable bonds is 3. The number of para-hydroxylation sites is 1. The number of amides is 1. The Morgan fingerprint density at radius 1 is 1.30 bits per heavy atom. The van der Waals surface area contributed by atoms with Crippen molar-refractivity contribution in [1.29, 1.82) is 0 Å². The predicted octanol–water partition coefficient (Wildman–Crippen LogP) is 4.27. The third kappa shape index (κ3) is 2.32. The molecule has 0 aliphatic rings. The third-order valence-electron chi connectivity index (χ3n) is 3.04. The average molecular weight is 286 g/mol. The summed E-state index contributed by atoms with van der Waals surface area (Å²) in [5, 5.41) is 3.37. The van der Waals surface area contributed by atoms with E-state index in [0.717, 1.165) is 10.2 Å². The lowest BCUT2D eigenvalue weighted by Gasteiger charge is -2.04. The number of carbonyl (C=O) groups is 1. The molecule has 1 N–H and O–H groups in total. The molecule has 20 heavy (non-hydrogen) atoms. The normalized spacial score (nSPS) is 11.2. The van der Waals surface area contributed by atoms with E-state index in [4.69, 9.17) is 4.42 Å². The van der Waals surface area contributed by atoms with Crippen molar-refractivity contribution in [2.24, 2.45) is 0 Å². The number of benzene rings is 1. The number of carbonyl (C=O) groups excluding carboxylic acids is 1. The van der Waals surface area contributed by atoms with Gasteiger partial charge in [-0.15, -0.1) is 0 Å². The van der Waals surface area contributed by atoms with Crippen molar-refractivity contribution >= 4 is 32.6 Å². The van der Waals surface area contributed by atoms with E-state index in [1.54, 1.807) is 12.1 Å². The summed E-state index contributed by atoms with van der Waals surface area (Å²) in [7, 11) is 0. The number of anilines is 1. The zero-order valence-corrected chi connectivity index (χ0v) is 12.0. The molecule has 0 bridgehead atoms. The van der Waals surface area contributed by atoms with Crippen LogP contribution in [-0.2, 0) is 0 Å². The van der Waals surface area contributed by atoms with Crippen LogP contribution in [0.1, 0.15) is 35.9 Å². The van der Waals surface area contributed by atoms with Crippen LogP contribution in [0.5, 0.6) is 0 Å². The minimum Gasteiger partial charge on any atom is -0.459 e. The van der Waals surface area contributed by atoms with Crippen molar-refractivity contribution in [3.63, 3.8) is 0 Å². The van der Waals surface area contributed by atoms with Crippen LogP contribution in [-0.4, -0.2) is 10.9 Å². The highest BCUT2D eigenvalue weighted by Crippen LogP contribution is 2.31. The highest BCUT2D eigenvalue weighted by atomic mass is 32.1. The molecule has 0 spiro atoms. The molecule has 3 aromatic rings. The minimum atomic E-state index is -0.278. The van der Waals surface area contributed by atoms with Crippen molar-refractivity contribution in [3.8, 4) is 0 Å². The predicted molar refractivity (Wildman–Crippen MR) is 80.4 cm³/mol. The Balaban J connectivity index is 1.94. The number of hydrogen-bond donors (Lipinski definition) is 1. The molecule has 0 fully saturated rings. The lowest BCUT2D eigenvalue weighted by Crippen LogP contribution is -2.10. The lowest BCUT2D eigenvalue weighted by atomic mass is 10.0. The highest BCUT2D eigenvalue weighted by molar-refractivity contribution is 7.22. The van der Waals surface area contributed by atoms with E-state index in [-0.39, 0.29) is 11.7 Å². The number of nitrogens with one attached hydrogen (secondary N) is 1. The summed E-state index contributed by atoms with van der Waals surface area (Å²) < 4.78 is 6.14. The molecular weight excluding hydrogens is 272 g/mol. The number of fused-ring (bicyclic) bond motifs is 1. The van der Waals surface area contributed by atoms with Crippen LogP contribution in [0.2, 0.25) is 0 Å². The summed E-state index contributed by atoms with van der Waals surface area (Å²) in [6.45, 7) is 4.27. The minimum absolute atomic E-state index is 0.278. The first-order valence-electron chi connectivity index (χ1n) is 6.39. The summed E-state index contributed by atoms with van der Waals surface area (Å²) in [5.41, 5.74) is 2.15. The molecule has 3 rings (SSSR count). The quantitative estimate of drug-likeness (QED) is 0.782. The Bertz CT molecular complexity index is 744. The maximum atomic E-state index is 11.9. The zero-order chi connectivity index (χ0) is 14.1. The second kappa shape index (κ2) is 5.09. The van der Waals surface area contributed by atoms with E-state index in [9.17, 15) is 4.79 Å². The molecule has 102 valence electrons. The van der Waals surface area contributed by atoms with E-state index in [1.165, 1.54) is 23.2 Å². The molecule has 0 radical (unpaired) electrons. The summed E-state index contributed by atoms with van der Waals surface area (Å²) in [6.07, 6.45) is 1.48. The molecule has 0 saturated carbocycles. The van der Waals surface area contributed by atoms with Crippen molar-refractivity contribution in [3.05, 3.63) is 47.9 Å². The molecule has 4 nitrogen and oxygen atoms in total. The molecule has 5 heteroatoms. The van der Waals surface area contributed by atoms with Gasteiger partial charge in [0.05, 0.1) is 16.5 Å². The van der Waals surface area contributed by atoms with Gasteiger partial charge in [-0.2, -0.15) is 0 Å². The molecule has 2 heterocycles. The zero-order valence-electron chi connectivity index (χ0n) is 11.2. The van der Waals surface area contributed by atoms with Crippen LogP contribution in [0.3, 0.4) is 0 Å². The largest absolute Gasteiger partial charge is 0.459 e. The summed E-state index contributed by atoms with van der Waals surface area (Å²) in [4.78, 5) is 16.5. The van der Waals surface area contributed by atoms with E-state index in [1.807, 2.05) is 12.1 Å². The number of nitrogens with zero attached hydrogens (tertiary/aromatic N) is 1. The monoisotopic (exact) mass is 286 g/mol. The first-order valence-corrected chi connectivity index (χ1v) is 7.21. The number of furan rings is 1.